The number of benzene rings is 5. The van der Waals surface area contributed by atoms with Gasteiger partial charge in [0.2, 0.25) is 0 Å². The van der Waals surface area contributed by atoms with Crippen LogP contribution in [0.4, 0.5) is 4.39 Å². The van der Waals surface area contributed by atoms with Gasteiger partial charge in [-0.2, -0.15) is 0 Å². The summed E-state index contributed by atoms with van der Waals surface area (Å²) < 4.78 is 21.3. The van der Waals surface area contributed by atoms with E-state index in [1.165, 1.54) is 6.07 Å². The maximum Gasteiger partial charge on any atom is 0.157 e. The van der Waals surface area contributed by atoms with E-state index < -0.39 is 5.82 Å². The number of hydrogen-bond acceptors (Lipinski definition) is 3. The summed E-state index contributed by atoms with van der Waals surface area (Å²) in [6.07, 6.45) is 0. The van der Waals surface area contributed by atoms with Gasteiger partial charge in [-0.25, -0.2) is 4.39 Å². The van der Waals surface area contributed by atoms with Crippen LogP contribution in [0.5, 0.6) is 11.5 Å². The van der Waals surface area contributed by atoms with Crippen LogP contribution in [0.1, 0.15) is 0 Å². The van der Waals surface area contributed by atoms with E-state index in [0.29, 0.717) is 21.9 Å². The Morgan fingerprint density at radius 2 is 1.55 bits per heavy atom. The molecule has 0 aliphatic heterocycles. The van der Waals surface area contributed by atoms with E-state index in [1.54, 1.807) is 30.3 Å². The summed E-state index contributed by atoms with van der Waals surface area (Å²) in [6, 6.07) is 21.4. The maximum atomic E-state index is 15.4. The Morgan fingerprint density at radius 1 is 0.742 bits per heavy atom. The van der Waals surface area contributed by atoms with Gasteiger partial charge in [-0.1, -0.05) is 48.0 Å². The summed E-state index contributed by atoms with van der Waals surface area (Å²) in [5.41, 5.74) is 1.39. The van der Waals surface area contributed by atoms with Crippen molar-refractivity contribution in [1.29, 1.82) is 0 Å². The zero-order chi connectivity index (χ0) is 21.3. The largest absolute Gasteiger partial charge is 0.508 e. The second kappa shape index (κ2) is 6.37. The molecule has 6 rings (SSSR count). The van der Waals surface area contributed by atoms with Crippen molar-refractivity contribution < 1.29 is 19.0 Å². The van der Waals surface area contributed by atoms with E-state index in [1.807, 2.05) is 36.4 Å². The molecule has 0 unspecified atom stereocenters. The Bertz CT molecular complexity index is 1680. The highest BCUT2D eigenvalue weighted by Crippen LogP contribution is 2.44. The molecule has 0 bridgehead atoms. The van der Waals surface area contributed by atoms with Gasteiger partial charge in [-0.3, -0.25) is 0 Å². The first kappa shape index (κ1) is 18.0. The third kappa shape index (κ3) is 2.58. The SMILES string of the molecule is Oc1ccc2cc(-c3cc4c(oc5ccc6ccccc6c54)c(Cl)c3F)c(O)cc2c1. The van der Waals surface area contributed by atoms with E-state index in [2.05, 4.69) is 0 Å². The molecule has 0 saturated carbocycles. The lowest BCUT2D eigenvalue weighted by Gasteiger charge is -2.10. The Labute approximate surface area is 180 Å². The van der Waals surface area contributed by atoms with E-state index in [-0.39, 0.29) is 27.7 Å². The van der Waals surface area contributed by atoms with Gasteiger partial charge in [0.15, 0.2) is 11.4 Å². The average Bonchev–Trinajstić information content (AvgIpc) is 3.15. The molecule has 0 atom stereocenters. The minimum atomic E-state index is -0.661. The first-order chi connectivity index (χ1) is 15.0. The first-order valence-corrected chi connectivity index (χ1v) is 10.1. The number of aromatic hydroxyl groups is 2. The van der Waals surface area contributed by atoms with E-state index in [9.17, 15) is 10.2 Å². The van der Waals surface area contributed by atoms with Gasteiger partial charge >= 0.3 is 0 Å². The molecule has 0 aliphatic carbocycles. The number of hydrogen-bond donors (Lipinski definition) is 2. The van der Waals surface area contributed by atoms with Crippen molar-refractivity contribution in [1.82, 2.24) is 0 Å². The minimum absolute atomic E-state index is 0.0899. The molecule has 31 heavy (non-hydrogen) atoms. The number of phenolic OH excluding ortho intramolecular Hbond substituents is 2. The molecule has 5 aromatic carbocycles. The Kier molecular flexibility index (Phi) is 3.71. The fourth-order valence-corrected chi connectivity index (χ4v) is 4.55. The van der Waals surface area contributed by atoms with Gasteiger partial charge in [0, 0.05) is 21.9 Å². The summed E-state index contributed by atoms with van der Waals surface area (Å²) in [6.45, 7) is 0. The summed E-state index contributed by atoms with van der Waals surface area (Å²) in [5, 5.41) is 25.2. The molecular weight excluding hydrogens is 415 g/mol. The smallest absolute Gasteiger partial charge is 0.157 e. The molecule has 0 spiro atoms. The predicted octanol–water partition coefficient (Wildman–Crippen LogP) is 7.76. The lowest BCUT2D eigenvalue weighted by molar-refractivity contribution is 0.475. The van der Waals surface area contributed by atoms with Crippen LogP contribution in [0.25, 0.3) is 54.6 Å². The molecule has 2 N–H and O–H groups in total. The number of furan rings is 1. The number of fused-ring (bicyclic) bond motifs is 6. The molecule has 3 nitrogen and oxygen atoms in total. The molecule has 1 aromatic heterocycles. The van der Waals surface area contributed by atoms with Crippen molar-refractivity contribution in [2.24, 2.45) is 0 Å². The van der Waals surface area contributed by atoms with Gasteiger partial charge in [0.05, 0.1) is 0 Å². The van der Waals surface area contributed by atoms with Gasteiger partial charge in [0.1, 0.15) is 22.1 Å². The average molecular weight is 429 g/mol. The van der Waals surface area contributed by atoms with Gasteiger partial charge in [0.25, 0.3) is 0 Å². The van der Waals surface area contributed by atoms with Crippen LogP contribution in [0.2, 0.25) is 5.02 Å². The second-order valence-corrected chi connectivity index (χ2v) is 7.97. The summed E-state index contributed by atoms with van der Waals surface area (Å²) >= 11 is 6.41. The highest BCUT2D eigenvalue weighted by molar-refractivity contribution is 6.37. The quantitative estimate of drug-likeness (QED) is 0.281. The third-order valence-corrected chi connectivity index (χ3v) is 6.10. The molecule has 150 valence electrons. The third-order valence-electron chi connectivity index (χ3n) is 5.76. The van der Waals surface area contributed by atoms with Gasteiger partial charge < -0.3 is 14.6 Å². The Hall–Kier alpha value is -3.76. The lowest BCUT2D eigenvalue weighted by Crippen LogP contribution is -1.89. The molecule has 0 radical (unpaired) electrons. The zero-order valence-electron chi connectivity index (χ0n) is 16.0. The highest BCUT2D eigenvalue weighted by atomic mass is 35.5. The van der Waals surface area contributed by atoms with E-state index in [4.69, 9.17) is 16.0 Å². The van der Waals surface area contributed by atoms with Crippen molar-refractivity contribution in [2.45, 2.75) is 0 Å². The summed E-state index contributed by atoms with van der Waals surface area (Å²) in [5.74, 6) is -0.678. The lowest BCUT2D eigenvalue weighted by atomic mass is 9.97. The van der Waals surface area contributed by atoms with E-state index in [0.717, 1.165) is 21.5 Å². The molecule has 0 fully saturated rings. The van der Waals surface area contributed by atoms with Crippen molar-refractivity contribution in [2.75, 3.05) is 0 Å². The van der Waals surface area contributed by atoms with Crippen LogP contribution in [0.15, 0.2) is 77.2 Å². The number of phenols is 2. The van der Waals surface area contributed by atoms with Crippen LogP contribution >= 0.6 is 11.6 Å². The molecule has 0 amide bonds. The van der Waals surface area contributed by atoms with Crippen molar-refractivity contribution in [3.05, 3.63) is 83.6 Å². The summed E-state index contributed by atoms with van der Waals surface area (Å²) in [4.78, 5) is 0. The maximum absolute atomic E-state index is 15.4. The van der Waals surface area contributed by atoms with Crippen molar-refractivity contribution in [3.8, 4) is 22.6 Å². The van der Waals surface area contributed by atoms with Gasteiger partial charge in [-0.05, 0) is 57.9 Å². The van der Waals surface area contributed by atoms with Crippen molar-refractivity contribution in [3.63, 3.8) is 0 Å². The second-order valence-electron chi connectivity index (χ2n) is 7.59. The first-order valence-electron chi connectivity index (χ1n) is 9.69. The molecule has 0 saturated heterocycles. The summed E-state index contributed by atoms with van der Waals surface area (Å²) in [7, 11) is 0. The number of halogens is 2. The Morgan fingerprint density at radius 3 is 2.42 bits per heavy atom. The Balaban J connectivity index is 1.73. The fourth-order valence-electron chi connectivity index (χ4n) is 4.30. The fraction of sp³-hybridized carbons (Fsp3) is 0. The van der Waals surface area contributed by atoms with E-state index >= 15 is 4.39 Å². The molecule has 5 heteroatoms. The predicted molar refractivity (Wildman–Crippen MR) is 122 cm³/mol. The van der Waals surface area contributed by atoms with Crippen molar-refractivity contribution >= 4 is 55.1 Å². The monoisotopic (exact) mass is 428 g/mol. The van der Waals surface area contributed by atoms with Crippen LogP contribution in [-0.2, 0) is 0 Å². The van der Waals surface area contributed by atoms with Gasteiger partial charge in [-0.15, -0.1) is 0 Å². The molecular formula is C26H14ClFO3. The normalized spacial score (nSPS) is 11.8. The standard InChI is InChI=1S/C26H14ClFO3/c27-24-25(28)19(18-10-14-5-7-16(29)9-15(14)11-21(18)30)12-20-23-17-4-2-1-3-13(17)6-8-22(23)31-26(20)24/h1-12,29-30H. The molecule has 1 heterocycles. The number of rotatable bonds is 1. The zero-order valence-corrected chi connectivity index (χ0v) is 16.7. The topological polar surface area (TPSA) is 53.6 Å². The minimum Gasteiger partial charge on any atom is -0.508 e. The van der Waals surface area contributed by atoms with Crippen LogP contribution in [0, 0.1) is 5.82 Å². The molecule has 6 aromatic rings. The van der Waals surface area contributed by atoms with Crippen LogP contribution in [0.3, 0.4) is 0 Å². The highest BCUT2D eigenvalue weighted by Gasteiger charge is 2.21. The van der Waals surface area contributed by atoms with Crippen LogP contribution < -0.4 is 0 Å². The van der Waals surface area contributed by atoms with Crippen LogP contribution in [-0.4, -0.2) is 10.2 Å². The molecule has 0 aliphatic rings.